The average molecular weight is 264 g/mol. The van der Waals surface area contributed by atoms with Gasteiger partial charge in [0.15, 0.2) is 0 Å². The summed E-state index contributed by atoms with van der Waals surface area (Å²) in [5.74, 6) is 0. The highest BCUT2D eigenvalue weighted by molar-refractivity contribution is 7.48. The highest BCUT2D eigenvalue weighted by Gasteiger charge is 2.26. The molecule has 5 heteroatoms. The molecule has 0 saturated heterocycles. The quantitative estimate of drug-likeness (QED) is 0.317. The van der Waals surface area contributed by atoms with E-state index in [0.717, 1.165) is 31.3 Å². The third-order valence-corrected chi connectivity index (χ3v) is 3.41. The molecule has 102 valence electrons. The molecule has 0 aliphatic heterocycles. The average Bonchev–Trinajstić information content (AvgIpc) is 2.27. The molecule has 0 unspecified atom stereocenters. The maximum absolute atomic E-state index is 12.2. The number of hydrogen-bond acceptors (Lipinski definition) is 4. The zero-order chi connectivity index (χ0) is 13.1. The van der Waals surface area contributed by atoms with E-state index in [4.69, 9.17) is 13.6 Å². The molecular formula is C12H25O4P. The summed E-state index contributed by atoms with van der Waals surface area (Å²) in [6.45, 7) is 10.6. The van der Waals surface area contributed by atoms with E-state index < -0.39 is 7.82 Å². The predicted molar refractivity (Wildman–Crippen MR) is 70.1 cm³/mol. The van der Waals surface area contributed by atoms with Gasteiger partial charge in [0.05, 0.1) is 19.8 Å². The number of phosphoric ester groups is 1. The van der Waals surface area contributed by atoms with Gasteiger partial charge in [0, 0.05) is 0 Å². The minimum Gasteiger partial charge on any atom is -0.287 e. The lowest BCUT2D eigenvalue weighted by Crippen LogP contribution is -2.04. The van der Waals surface area contributed by atoms with E-state index in [9.17, 15) is 4.57 Å². The van der Waals surface area contributed by atoms with Gasteiger partial charge >= 0.3 is 7.82 Å². The first-order valence-electron chi connectivity index (χ1n) is 6.22. The molecule has 4 nitrogen and oxygen atoms in total. The first-order chi connectivity index (χ1) is 8.04. The summed E-state index contributed by atoms with van der Waals surface area (Å²) >= 11 is 0. The van der Waals surface area contributed by atoms with E-state index in [0.29, 0.717) is 13.2 Å². The second-order valence-corrected chi connectivity index (χ2v) is 5.72. The third-order valence-electron chi connectivity index (χ3n) is 1.96. The van der Waals surface area contributed by atoms with Crippen LogP contribution in [0.4, 0.5) is 0 Å². The Morgan fingerprint density at radius 2 is 1.53 bits per heavy atom. The minimum absolute atomic E-state index is 0.204. The van der Waals surface area contributed by atoms with Crippen molar-refractivity contribution in [3.05, 3.63) is 12.2 Å². The topological polar surface area (TPSA) is 44.8 Å². The van der Waals surface area contributed by atoms with Crippen molar-refractivity contribution in [3.63, 3.8) is 0 Å². The lowest BCUT2D eigenvalue weighted by molar-refractivity contribution is 0.117. The molecule has 0 fully saturated rings. The van der Waals surface area contributed by atoms with Crippen LogP contribution in [-0.4, -0.2) is 19.8 Å². The van der Waals surface area contributed by atoms with Crippen LogP contribution in [0.3, 0.4) is 0 Å². The van der Waals surface area contributed by atoms with Gasteiger partial charge in [-0.2, -0.15) is 0 Å². The maximum atomic E-state index is 12.2. The van der Waals surface area contributed by atoms with Gasteiger partial charge in [0.1, 0.15) is 0 Å². The molecule has 0 amide bonds. The van der Waals surface area contributed by atoms with Gasteiger partial charge in [-0.15, -0.1) is 0 Å². The first kappa shape index (κ1) is 16.9. The SMILES string of the molecule is C=C(C)COP(=O)(OCCCC)OCCCC. The Balaban J connectivity index is 4.14. The summed E-state index contributed by atoms with van der Waals surface area (Å²) in [4.78, 5) is 0. The molecule has 17 heavy (non-hydrogen) atoms. The van der Waals surface area contributed by atoms with Gasteiger partial charge in [0.25, 0.3) is 0 Å². The monoisotopic (exact) mass is 264 g/mol. The fourth-order valence-corrected chi connectivity index (χ4v) is 2.25. The Morgan fingerprint density at radius 3 is 1.88 bits per heavy atom. The lowest BCUT2D eigenvalue weighted by Gasteiger charge is -2.17. The first-order valence-corrected chi connectivity index (χ1v) is 7.68. The van der Waals surface area contributed by atoms with E-state index in [-0.39, 0.29) is 6.61 Å². The second kappa shape index (κ2) is 9.84. The Kier molecular flexibility index (Phi) is 9.75. The molecule has 0 aliphatic rings. The van der Waals surface area contributed by atoms with Crippen LogP contribution in [0.25, 0.3) is 0 Å². The van der Waals surface area contributed by atoms with Crippen molar-refractivity contribution in [1.82, 2.24) is 0 Å². The van der Waals surface area contributed by atoms with Gasteiger partial charge in [-0.1, -0.05) is 38.8 Å². The van der Waals surface area contributed by atoms with Gasteiger partial charge in [0.2, 0.25) is 0 Å². The van der Waals surface area contributed by atoms with E-state index in [1.54, 1.807) is 0 Å². The third kappa shape index (κ3) is 9.54. The second-order valence-electron chi connectivity index (χ2n) is 4.05. The number of hydrogen-bond donors (Lipinski definition) is 0. The summed E-state index contributed by atoms with van der Waals surface area (Å²) in [7, 11) is -3.39. The van der Waals surface area contributed by atoms with Crippen LogP contribution in [-0.2, 0) is 18.1 Å². The van der Waals surface area contributed by atoms with Crippen LogP contribution in [0.5, 0.6) is 0 Å². The molecule has 0 spiro atoms. The van der Waals surface area contributed by atoms with Gasteiger partial charge in [-0.05, 0) is 19.8 Å². The van der Waals surface area contributed by atoms with Crippen LogP contribution < -0.4 is 0 Å². The van der Waals surface area contributed by atoms with Gasteiger partial charge in [-0.3, -0.25) is 13.6 Å². The molecule has 0 bridgehead atoms. The molecule has 0 atom stereocenters. The van der Waals surface area contributed by atoms with Crippen LogP contribution in [0.2, 0.25) is 0 Å². The minimum atomic E-state index is -3.39. The molecule has 0 aliphatic carbocycles. The zero-order valence-electron chi connectivity index (χ0n) is 11.2. The molecule has 0 aromatic rings. The summed E-state index contributed by atoms with van der Waals surface area (Å²) < 4.78 is 27.8. The largest absolute Gasteiger partial charge is 0.475 e. The van der Waals surface area contributed by atoms with Gasteiger partial charge < -0.3 is 0 Å². The van der Waals surface area contributed by atoms with Gasteiger partial charge in [-0.25, -0.2) is 4.57 Å². The fraction of sp³-hybridized carbons (Fsp3) is 0.833. The highest BCUT2D eigenvalue weighted by Crippen LogP contribution is 2.49. The summed E-state index contributed by atoms with van der Waals surface area (Å²) in [5.41, 5.74) is 0.795. The van der Waals surface area contributed by atoms with Crippen molar-refractivity contribution >= 4 is 7.82 Å². The Morgan fingerprint density at radius 1 is 1.06 bits per heavy atom. The van der Waals surface area contributed by atoms with Crippen LogP contribution in [0, 0.1) is 0 Å². The van der Waals surface area contributed by atoms with Crippen molar-refractivity contribution in [2.24, 2.45) is 0 Å². The molecule has 0 heterocycles. The van der Waals surface area contributed by atoms with Crippen molar-refractivity contribution in [2.45, 2.75) is 46.5 Å². The van der Waals surface area contributed by atoms with E-state index in [1.807, 2.05) is 20.8 Å². The Hall–Kier alpha value is -0.150. The maximum Gasteiger partial charge on any atom is 0.475 e. The number of rotatable bonds is 11. The van der Waals surface area contributed by atoms with Crippen LogP contribution >= 0.6 is 7.82 Å². The van der Waals surface area contributed by atoms with Crippen molar-refractivity contribution < 1.29 is 18.1 Å². The highest BCUT2D eigenvalue weighted by atomic mass is 31.2. The summed E-state index contributed by atoms with van der Waals surface area (Å²) in [6, 6.07) is 0. The molecule has 0 aromatic carbocycles. The summed E-state index contributed by atoms with van der Waals surface area (Å²) in [5, 5.41) is 0. The van der Waals surface area contributed by atoms with Crippen LogP contribution in [0.1, 0.15) is 46.5 Å². The van der Waals surface area contributed by atoms with E-state index >= 15 is 0 Å². The van der Waals surface area contributed by atoms with E-state index in [2.05, 4.69) is 6.58 Å². The van der Waals surface area contributed by atoms with Crippen molar-refractivity contribution in [2.75, 3.05) is 19.8 Å². The lowest BCUT2D eigenvalue weighted by atomic mass is 10.4. The molecule has 0 rings (SSSR count). The number of phosphoric acid groups is 1. The summed E-state index contributed by atoms with van der Waals surface area (Å²) in [6.07, 6.45) is 3.65. The molecule has 0 radical (unpaired) electrons. The van der Waals surface area contributed by atoms with Crippen molar-refractivity contribution in [3.8, 4) is 0 Å². The Bertz CT molecular complexity index is 239. The smallest absolute Gasteiger partial charge is 0.287 e. The normalized spacial score (nSPS) is 11.7. The Labute approximate surface area is 105 Å². The fourth-order valence-electron chi connectivity index (χ4n) is 0.942. The standard InChI is InChI=1S/C12H25O4P/c1-5-7-9-14-17(13,15-10-8-6-2)16-11-12(3)4/h3,5-11H2,1-2,4H3. The van der Waals surface area contributed by atoms with Crippen molar-refractivity contribution in [1.29, 1.82) is 0 Å². The molecule has 0 saturated carbocycles. The molecule has 0 aromatic heterocycles. The molecule has 0 N–H and O–H groups in total. The zero-order valence-corrected chi connectivity index (χ0v) is 12.1. The molecular weight excluding hydrogens is 239 g/mol. The number of unbranched alkanes of at least 4 members (excludes halogenated alkanes) is 2. The predicted octanol–water partition coefficient (Wildman–Crippen LogP) is 4.32. The van der Waals surface area contributed by atoms with Crippen LogP contribution in [0.15, 0.2) is 12.2 Å². The van der Waals surface area contributed by atoms with E-state index in [1.165, 1.54) is 0 Å².